The Balaban J connectivity index is 0. The number of hydrogen-bond acceptors (Lipinski definition) is 9. The molecule has 14 heteroatoms. The van der Waals surface area contributed by atoms with E-state index in [4.69, 9.17) is 29.1 Å². The second kappa shape index (κ2) is 19.6. The number of H-pyrrole nitrogens is 1. The van der Waals surface area contributed by atoms with E-state index in [1.54, 1.807) is 0 Å². The highest BCUT2D eigenvalue weighted by Crippen LogP contribution is 2.27. The third kappa shape index (κ3) is 15.2. The standard InChI is InChI=1S/C16H36N.C9H12N2O6.H3O4P/c1-5-9-13-17(14-10-6-2,15-11-7-3)16-12-8-4;12-3-4-6(14)7(15)8(17-4)11-2-1-5(13)10-9(11)16;1-5(2,3)4/h5-16H2,1-4H3;1-2,4,6-8,12,14-15H,3H2,(H,10,13,16);(H3,1,2,3,4)/q+1;;/p-1/t;4-,6-,7-,8-;/m.1./s1. The van der Waals surface area contributed by atoms with Crippen LogP contribution in [0.25, 0.3) is 0 Å². The van der Waals surface area contributed by atoms with Crippen molar-refractivity contribution in [3.8, 4) is 0 Å². The van der Waals surface area contributed by atoms with Gasteiger partial charge in [0, 0.05) is 12.3 Å². The van der Waals surface area contributed by atoms with Crippen molar-refractivity contribution < 1.29 is 45.2 Å². The Hall–Kier alpha value is -1.41. The maximum Gasteiger partial charge on any atom is 1.00 e. The van der Waals surface area contributed by atoms with E-state index in [0.717, 1.165) is 16.8 Å². The van der Waals surface area contributed by atoms with E-state index in [2.05, 4.69) is 27.7 Å². The van der Waals surface area contributed by atoms with E-state index in [1.165, 1.54) is 82.0 Å². The summed E-state index contributed by atoms with van der Waals surface area (Å²) in [5.41, 5.74) is -1.33. The number of unbranched alkanes of at least 4 members (excludes halogenated alkanes) is 4. The molecule has 0 spiro atoms. The highest BCUT2D eigenvalue weighted by molar-refractivity contribution is 7.42. The number of nitrogens with zero attached hydrogens (tertiary/aromatic N) is 2. The Bertz CT molecular complexity index is 896. The number of aromatic amines is 1. The lowest BCUT2D eigenvalue weighted by atomic mass is 10.1. The summed E-state index contributed by atoms with van der Waals surface area (Å²) >= 11 is 0. The Labute approximate surface area is 232 Å². The second-order valence-corrected chi connectivity index (χ2v) is 10.8. The van der Waals surface area contributed by atoms with Crippen LogP contribution in [0.2, 0.25) is 0 Å². The topological polar surface area (TPSA) is 208 Å². The van der Waals surface area contributed by atoms with Crippen molar-refractivity contribution in [2.75, 3.05) is 32.8 Å². The quantitative estimate of drug-likeness (QED) is 0.147. The van der Waals surface area contributed by atoms with Gasteiger partial charge in [-0.25, -0.2) is 4.79 Å². The zero-order valence-electron chi connectivity index (χ0n) is 24.7. The van der Waals surface area contributed by atoms with E-state index in [0.29, 0.717) is 0 Å². The SMILES string of the molecule is CCCC[N+](CCCC)(CCCC)CCCC.O=P([O-])([O-])O.O=c1ccn([C@@H]2O[C@H](CO)[C@@H](O)[C@H]2O)c(=O)[nH]1.[H+]. The number of hydrogen-bond donors (Lipinski definition) is 5. The number of nitrogens with one attached hydrogen (secondary N) is 1. The lowest BCUT2D eigenvalue weighted by molar-refractivity contribution is -0.929. The van der Waals surface area contributed by atoms with Crippen LogP contribution < -0.4 is 21.0 Å². The molecule has 0 aliphatic carbocycles. The molecule has 1 fully saturated rings. The van der Waals surface area contributed by atoms with Gasteiger partial charge in [0.1, 0.15) is 18.3 Å². The van der Waals surface area contributed by atoms with Gasteiger partial charge in [-0.05, 0) is 25.7 Å². The monoisotopic (exact) mass is 583 g/mol. The van der Waals surface area contributed by atoms with Gasteiger partial charge in [0.25, 0.3) is 5.56 Å². The Kier molecular flexibility index (Phi) is 18.9. The fraction of sp³-hybridized carbons (Fsp3) is 0.840. The summed E-state index contributed by atoms with van der Waals surface area (Å²) in [6.07, 6.45) is 7.48. The molecule has 0 aromatic carbocycles. The molecule has 1 aromatic rings. The average molecular weight is 584 g/mol. The Morgan fingerprint density at radius 2 is 1.36 bits per heavy atom. The van der Waals surface area contributed by atoms with Crippen LogP contribution in [0.1, 0.15) is 86.7 Å². The molecule has 39 heavy (non-hydrogen) atoms. The number of aliphatic hydroxyl groups is 3. The maximum absolute atomic E-state index is 11.4. The summed E-state index contributed by atoms with van der Waals surface area (Å²) in [6, 6.07) is 1.09. The van der Waals surface area contributed by atoms with E-state index < -0.39 is 50.2 Å². The number of quaternary nitrogens is 1. The molecule has 5 N–H and O–H groups in total. The van der Waals surface area contributed by atoms with Gasteiger partial charge in [-0.15, -0.1) is 0 Å². The molecule has 0 amide bonds. The van der Waals surface area contributed by atoms with Crippen molar-refractivity contribution in [3.63, 3.8) is 0 Å². The smallest absolute Gasteiger partial charge is 0.790 e. The first kappa shape index (κ1) is 37.6. The molecule has 2 rings (SSSR count). The molecule has 1 aromatic heterocycles. The minimum Gasteiger partial charge on any atom is -0.790 e. The predicted octanol–water partition coefficient (Wildman–Crippen LogP) is 0.0716. The predicted molar refractivity (Wildman–Crippen MR) is 145 cm³/mol. The minimum atomic E-state index is -5.14. The normalized spacial score (nSPS) is 21.1. The summed E-state index contributed by atoms with van der Waals surface area (Å²) in [4.78, 5) is 48.6. The minimum absolute atomic E-state index is 0. The Morgan fingerprint density at radius 3 is 1.67 bits per heavy atom. The van der Waals surface area contributed by atoms with Gasteiger partial charge < -0.3 is 43.8 Å². The van der Waals surface area contributed by atoms with Crippen LogP contribution in [0.3, 0.4) is 0 Å². The molecule has 1 saturated heterocycles. The molecule has 2 heterocycles. The first-order valence-electron chi connectivity index (χ1n) is 13.8. The fourth-order valence-corrected chi connectivity index (χ4v) is 4.38. The lowest BCUT2D eigenvalue weighted by Gasteiger charge is -2.39. The zero-order valence-corrected chi connectivity index (χ0v) is 24.6. The number of rotatable bonds is 14. The number of aromatic nitrogens is 2. The molecule has 13 nitrogen and oxygen atoms in total. The molecule has 0 unspecified atom stereocenters. The van der Waals surface area contributed by atoms with Crippen molar-refractivity contribution in [1.29, 1.82) is 0 Å². The van der Waals surface area contributed by atoms with Crippen LogP contribution in [0.4, 0.5) is 0 Å². The van der Waals surface area contributed by atoms with Crippen LogP contribution in [0, 0.1) is 0 Å². The third-order valence-electron chi connectivity index (χ3n) is 6.59. The van der Waals surface area contributed by atoms with Crippen molar-refractivity contribution >= 4 is 7.82 Å². The van der Waals surface area contributed by atoms with Crippen molar-refractivity contribution in [3.05, 3.63) is 33.1 Å². The first-order chi connectivity index (χ1) is 18.3. The largest absolute Gasteiger partial charge is 1.00 e. The first-order valence-corrected chi connectivity index (χ1v) is 15.3. The highest BCUT2D eigenvalue weighted by Gasteiger charge is 2.43. The number of phosphoric acid groups is 1. The summed E-state index contributed by atoms with van der Waals surface area (Å²) in [6.45, 7) is 14.5. The molecule has 0 bridgehead atoms. The van der Waals surface area contributed by atoms with Crippen LogP contribution in [-0.4, -0.2) is 85.3 Å². The Morgan fingerprint density at radius 1 is 0.949 bits per heavy atom. The summed E-state index contributed by atoms with van der Waals surface area (Å²) in [5.74, 6) is 0. The third-order valence-corrected chi connectivity index (χ3v) is 6.59. The molecule has 0 radical (unpaired) electrons. The van der Waals surface area contributed by atoms with E-state index in [1.807, 2.05) is 4.98 Å². The van der Waals surface area contributed by atoms with Crippen molar-refractivity contribution in [1.82, 2.24) is 9.55 Å². The van der Waals surface area contributed by atoms with Crippen molar-refractivity contribution in [2.24, 2.45) is 0 Å². The summed E-state index contributed by atoms with van der Waals surface area (Å²) in [7, 11) is -5.14. The molecule has 0 saturated carbocycles. The van der Waals surface area contributed by atoms with Gasteiger partial charge in [0.15, 0.2) is 6.23 Å². The summed E-state index contributed by atoms with van der Waals surface area (Å²) < 4.78 is 16.2. The van der Waals surface area contributed by atoms with Crippen LogP contribution >= 0.6 is 7.82 Å². The van der Waals surface area contributed by atoms with Gasteiger partial charge in [0.2, 0.25) is 0 Å². The molecule has 230 valence electrons. The van der Waals surface area contributed by atoms with Crippen LogP contribution in [-0.2, 0) is 9.30 Å². The molecule has 4 atom stereocenters. The lowest BCUT2D eigenvalue weighted by Crippen LogP contribution is -2.50. The van der Waals surface area contributed by atoms with Crippen LogP contribution in [0.5, 0.6) is 0 Å². The van der Waals surface area contributed by atoms with Gasteiger partial charge in [-0.2, -0.15) is 0 Å². The maximum atomic E-state index is 11.4. The van der Waals surface area contributed by atoms with Gasteiger partial charge in [-0.1, -0.05) is 53.4 Å². The highest BCUT2D eigenvalue weighted by atomic mass is 31.2. The number of aliphatic hydroxyl groups excluding tert-OH is 3. The summed E-state index contributed by atoms with van der Waals surface area (Å²) in [5, 5.41) is 28.1. The van der Waals surface area contributed by atoms with Gasteiger partial charge in [-0.3, -0.25) is 14.3 Å². The van der Waals surface area contributed by atoms with Crippen molar-refractivity contribution in [2.45, 2.75) is 104 Å². The average Bonchev–Trinajstić information content (AvgIpc) is 3.16. The second-order valence-electron chi connectivity index (χ2n) is 9.87. The van der Waals surface area contributed by atoms with E-state index in [-0.39, 0.29) is 1.43 Å². The molecular weight excluding hydrogens is 533 g/mol. The number of ether oxygens (including phenoxy) is 1. The van der Waals surface area contributed by atoms with Gasteiger partial charge in [0.05, 0.1) is 40.6 Å². The zero-order chi connectivity index (χ0) is 30.1. The van der Waals surface area contributed by atoms with Crippen LogP contribution in [0.15, 0.2) is 21.9 Å². The van der Waals surface area contributed by atoms with Gasteiger partial charge >= 0.3 is 7.12 Å². The molecular formula is C25H50N3O10P. The van der Waals surface area contributed by atoms with E-state index >= 15 is 0 Å². The molecule has 1 aliphatic rings. The molecule has 1 aliphatic heterocycles. The fourth-order valence-electron chi connectivity index (χ4n) is 4.38. The van der Waals surface area contributed by atoms with E-state index in [9.17, 15) is 19.8 Å².